The number of fused-ring (bicyclic) bond motifs is 1. The minimum atomic E-state index is -3.33. The maximum atomic E-state index is 12.6. The molecule has 1 aliphatic carbocycles. The molecule has 0 unspecified atom stereocenters. The van der Waals surface area contributed by atoms with Gasteiger partial charge in [0, 0.05) is 6.54 Å². The van der Waals surface area contributed by atoms with Crippen molar-refractivity contribution in [3.8, 4) is 0 Å². The molecule has 0 bridgehead atoms. The molecule has 1 aliphatic heterocycles. The second-order valence-electron chi connectivity index (χ2n) is 6.18. The Morgan fingerprint density at radius 1 is 1.23 bits per heavy atom. The maximum absolute atomic E-state index is 12.6. The molecule has 1 saturated heterocycles. The van der Waals surface area contributed by atoms with Gasteiger partial charge in [-0.15, -0.1) is 0 Å². The topological polar surface area (TPSA) is 66.5 Å². The van der Waals surface area contributed by atoms with Gasteiger partial charge in [-0.25, -0.2) is 8.42 Å². The number of nitrogens with zero attached hydrogens (tertiary/aromatic N) is 1. The van der Waals surface area contributed by atoms with Crippen LogP contribution in [0.25, 0.3) is 0 Å². The highest BCUT2D eigenvalue weighted by molar-refractivity contribution is 7.88. The summed E-state index contributed by atoms with van der Waals surface area (Å²) >= 11 is 0. The molecule has 22 heavy (non-hydrogen) atoms. The van der Waals surface area contributed by atoms with E-state index >= 15 is 0 Å². The third kappa shape index (κ3) is 3.03. The third-order valence-electron chi connectivity index (χ3n) is 4.62. The van der Waals surface area contributed by atoms with Crippen molar-refractivity contribution in [1.29, 1.82) is 0 Å². The smallest absolute Gasteiger partial charge is 0.238 e. The van der Waals surface area contributed by atoms with Crippen molar-refractivity contribution in [1.82, 2.24) is 9.62 Å². The van der Waals surface area contributed by atoms with Gasteiger partial charge in [0.05, 0.1) is 12.3 Å². The zero-order valence-corrected chi connectivity index (χ0v) is 13.6. The minimum absolute atomic E-state index is 0.000500. The molecule has 0 radical (unpaired) electrons. The molecule has 0 saturated carbocycles. The first-order chi connectivity index (χ1) is 10.5. The van der Waals surface area contributed by atoms with E-state index in [0.717, 1.165) is 25.7 Å². The number of hydrogen-bond acceptors (Lipinski definition) is 3. The Morgan fingerprint density at radius 3 is 2.77 bits per heavy atom. The van der Waals surface area contributed by atoms with Gasteiger partial charge in [-0.05, 0) is 43.2 Å². The molecule has 6 heteroatoms. The third-order valence-corrected chi connectivity index (χ3v) is 5.91. The molecule has 3 rings (SSSR count). The molecule has 1 fully saturated rings. The number of sulfonamides is 1. The summed E-state index contributed by atoms with van der Waals surface area (Å²) in [6.07, 6.45) is 5.52. The number of carbonyl (C=O) groups excluding carboxylic acids is 1. The van der Waals surface area contributed by atoms with E-state index in [9.17, 15) is 13.2 Å². The van der Waals surface area contributed by atoms with Gasteiger partial charge < -0.3 is 5.32 Å². The highest BCUT2D eigenvalue weighted by Crippen LogP contribution is 2.30. The first-order valence-electron chi connectivity index (χ1n) is 7.82. The van der Waals surface area contributed by atoms with Crippen molar-refractivity contribution in [2.24, 2.45) is 0 Å². The van der Waals surface area contributed by atoms with Crippen LogP contribution in [0.2, 0.25) is 0 Å². The van der Waals surface area contributed by atoms with Crippen LogP contribution in [0.3, 0.4) is 0 Å². The monoisotopic (exact) mass is 322 g/mol. The first-order valence-corrected chi connectivity index (χ1v) is 9.66. The van der Waals surface area contributed by atoms with Crippen LogP contribution < -0.4 is 5.32 Å². The number of nitrogens with one attached hydrogen (secondary N) is 1. The summed E-state index contributed by atoms with van der Waals surface area (Å²) in [5, 5.41) is 3.07. The average Bonchev–Trinajstić information content (AvgIpc) is 2.97. The highest BCUT2D eigenvalue weighted by Gasteiger charge is 2.37. The number of hydrogen-bond donors (Lipinski definition) is 1. The summed E-state index contributed by atoms with van der Waals surface area (Å²) in [6.45, 7) is 0.443. The molecule has 1 amide bonds. The molecule has 2 aliphatic rings. The molecule has 1 aromatic rings. The highest BCUT2D eigenvalue weighted by atomic mass is 32.2. The predicted molar refractivity (Wildman–Crippen MR) is 84.8 cm³/mol. The Hall–Kier alpha value is -1.40. The lowest BCUT2D eigenvalue weighted by Crippen LogP contribution is -2.46. The van der Waals surface area contributed by atoms with Gasteiger partial charge in [-0.1, -0.05) is 24.3 Å². The summed E-state index contributed by atoms with van der Waals surface area (Å²) < 4.78 is 24.9. The quantitative estimate of drug-likeness (QED) is 0.919. The van der Waals surface area contributed by atoms with Crippen LogP contribution >= 0.6 is 0 Å². The molecule has 1 N–H and O–H groups in total. The Balaban J connectivity index is 1.75. The fourth-order valence-electron chi connectivity index (χ4n) is 3.57. The van der Waals surface area contributed by atoms with E-state index in [1.165, 1.54) is 21.7 Å². The minimum Gasteiger partial charge on any atom is -0.348 e. The van der Waals surface area contributed by atoms with Gasteiger partial charge >= 0.3 is 0 Å². The standard InChI is InChI=1S/C16H22N2O3S/c1-22(20,21)18-11-5-10-15(18)16(19)17-14-9-4-7-12-6-2-3-8-13(12)14/h2-3,6,8,14-15H,4-5,7,9-11H2,1H3,(H,17,19)/t14-,15+/m0/s1. The average molecular weight is 322 g/mol. The molecule has 1 heterocycles. The van der Waals surface area contributed by atoms with Gasteiger partial charge in [0.1, 0.15) is 6.04 Å². The summed E-state index contributed by atoms with van der Waals surface area (Å²) in [6, 6.07) is 7.62. The molecule has 0 aromatic heterocycles. The van der Waals surface area contributed by atoms with E-state index < -0.39 is 16.1 Å². The number of amides is 1. The fourth-order valence-corrected chi connectivity index (χ4v) is 4.70. The summed E-state index contributed by atoms with van der Waals surface area (Å²) in [5.41, 5.74) is 2.46. The van der Waals surface area contributed by atoms with E-state index in [2.05, 4.69) is 17.4 Å². The largest absolute Gasteiger partial charge is 0.348 e. The Bertz CT molecular complexity index is 672. The number of benzene rings is 1. The van der Waals surface area contributed by atoms with Gasteiger partial charge in [-0.3, -0.25) is 4.79 Å². The van der Waals surface area contributed by atoms with Crippen molar-refractivity contribution < 1.29 is 13.2 Å². The summed E-state index contributed by atoms with van der Waals surface area (Å²) in [5.74, 6) is -0.162. The Morgan fingerprint density at radius 2 is 2.00 bits per heavy atom. The molecule has 120 valence electrons. The van der Waals surface area contributed by atoms with Crippen molar-refractivity contribution in [2.45, 2.75) is 44.2 Å². The molecule has 5 nitrogen and oxygen atoms in total. The normalized spacial score (nSPS) is 25.7. The van der Waals surface area contributed by atoms with Gasteiger partial charge in [-0.2, -0.15) is 4.31 Å². The van der Waals surface area contributed by atoms with Gasteiger partial charge in [0.25, 0.3) is 0 Å². The Labute approximate surface area is 131 Å². The molecule has 2 atom stereocenters. The summed E-state index contributed by atoms with van der Waals surface area (Å²) in [4.78, 5) is 12.6. The van der Waals surface area contributed by atoms with E-state index in [0.29, 0.717) is 13.0 Å². The van der Waals surface area contributed by atoms with E-state index in [-0.39, 0.29) is 11.9 Å². The molecule has 0 spiro atoms. The summed E-state index contributed by atoms with van der Waals surface area (Å²) in [7, 11) is -3.33. The number of rotatable bonds is 3. The van der Waals surface area contributed by atoms with Crippen LogP contribution in [0.15, 0.2) is 24.3 Å². The van der Waals surface area contributed by atoms with Crippen LogP contribution in [0.1, 0.15) is 42.9 Å². The molecular formula is C16H22N2O3S. The van der Waals surface area contributed by atoms with Crippen LogP contribution in [-0.2, 0) is 21.2 Å². The lowest BCUT2D eigenvalue weighted by molar-refractivity contribution is -0.125. The van der Waals surface area contributed by atoms with E-state index in [1.54, 1.807) is 0 Å². The van der Waals surface area contributed by atoms with Crippen LogP contribution in [-0.4, -0.2) is 37.5 Å². The van der Waals surface area contributed by atoms with Crippen LogP contribution in [0.5, 0.6) is 0 Å². The second kappa shape index (κ2) is 6.01. The molecular weight excluding hydrogens is 300 g/mol. The second-order valence-corrected chi connectivity index (χ2v) is 8.12. The van der Waals surface area contributed by atoms with Crippen molar-refractivity contribution in [3.63, 3.8) is 0 Å². The molecule has 1 aromatic carbocycles. The predicted octanol–water partition coefficient (Wildman–Crippen LogP) is 1.60. The van der Waals surface area contributed by atoms with Gasteiger partial charge in [0.2, 0.25) is 15.9 Å². The SMILES string of the molecule is CS(=O)(=O)N1CCC[C@@H]1C(=O)N[C@H]1CCCc2ccccc21. The number of aryl methyl sites for hydroxylation is 1. The van der Waals surface area contributed by atoms with Gasteiger partial charge in [0.15, 0.2) is 0 Å². The van der Waals surface area contributed by atoms with Crippen molar-refractivity contribution in [3.05, 3.63) is 35.4 Å². The van der Waals surface area contributed by atoms with Crippen LogP contribution in [0.4, 0.5) is 0 Å². The van der Waals surface area contributed by atoms with Crippen LogP contribution in [0, 0.1) is 0 Å². The van der Waals surface area contributed by atoms with Crippen molar-refractivity contribution in [2.75, 3.05) is 12.8 Å². The first kappa shape index (κ1) is 15.5. The Kier molecular flexibility index (Phi) is 4.23. The van der Waals surface area contributed by atoms with E-state index in [4.69, 9.17) is 0 Å². The maximum Gasteiger partial charge on any atom is 0.238 e. The number of carbonyl (C=O) groups is 1. The lowest BCUT2D eigenvalue weighted by atomic mass is 9.87. The fraction of sp³-hybridized carbons (Fsp3) is 0.562. The zero-order valence-electron chi connectivity index (χ0n) is 12.8. The van der Waals surface area contributed by atoms with Crippen molar-refractivity contribution >= 4 is 15.9 Å². The van der Waals surface area contributed by atoms with E-state index in [1.807, 2.05) is 12.1 Å². The lowest BCUT2D eigenvalue weighted by Gasteiger charge is -2.29. The zero-order chi connectivity index (χ0) is 15.7.